The number of carboxylic acid groups (broad SMARTS) is 1. The molecule has 1 atom stereocenters. The van der Waals surface area contributed by atoms with Crippen LogP contribution in [0.25, 0.3) is 0 Å². The third kappa shape index (κ3) is 4.97. The van der Waals surface area contributed by atoms with Gasteiger partial charge in [-0.15, -0.1) is 0 Å². The number of aromatic carboxylic acids is 1. The summed E-state index contributed by atoms with van der Waals surface area (Å²) in [7, 11) is 3.03. The molecule has 0 fully saturated rings. The molecule has 26 heavy (non-hydrogen) atoms. The Hall–Kier alpha value is -3.06. The van der Waals surface area contributed by atoms with Crippen LogP contribution < -0.4 is 14.8 Å². The summed E-state index contributed by atoms with van der Waals surface area (Å²) in [4.78, 5) is 23.0. The first-order valence-corrected chi connectivity index (χ1v) is 7.97. The smallest absolute Gasteiger partial charge is 0.335 e. The van der Waals surface area contributed by atoms with Crippen LogP contribution in [0.4, 0.5) is 5.69 Å². The molecule has 0 bridgehead atoms. The highest BCUT2D eigenvalue weighted by Gasteiger charge is 2.16. The zero-order valence-corrected chi connectivity index (χ0v) is 14.6. The Morgan fingerprint density at radius 3 is 2.54 bits per heavy atom. The highest BCUT2D eigenvalue weighted by molar-refractivity contribution is 5.93. The minimum Gasteiger partial charge on any atom is -0.497 e. The largest absolute Gasteiger partial charge is 0.497 e. The summed E-state index contributed by atoms with van der Waals surface area (Å²) in [6, 6.07) is 11.0. The van der Waals surface area contributed by atoms with Crippen LogP contribution in [0.3, 0.4) is 0 Å². The molecule has 0 aliphatic rings. The van der Waals surface area contributed by atoms with Crippen LogP contribution in [-0.4, -0.2) is 36.3 Å². The summed E-state index contributed by atoms with van der Waals surface area (Å²) in [6.07, 6.45) is -0.632. The highest BCUT2D eigenvalue weighted by Crippen LogP contribution is 2.31. The molecule has 0 saturated heterocycles. The van der Waals surface area contributed by atoms with Crippen molar-refractivity contribution in [1.29, 1.82) is 0 Å². The number of aliphatic hydroxyl groups is 1. The molecule has 2 aromatic carbocycles. The number of carboxylic acids is 1. The van der Waals surface area contributed by atoms with E-state index in [1.54, 1.807) is 30.3 Å². The third-order valence-corrected chi connectivity index (χ3v) is 3.84. The molecule has 0 radical (unpaired) electrons. The van der Waals surface area contributed by atoms with Gasteiger partial charge in [-0.1, -0.05) is 6.07 Å². The zero-order valence-electron chi connectivity index (χ0n) is 14.6. The van der Waals surface area contributed by atoms with Gasteiger partial charge in [0.05, 0.1) is 25.9 Å². The minimum absolute atomic E-state index is 0.0631. The number of amides is 1. The molecule has 0 aromatic heterocycles. The second-order valence-corrected chi connectivity index (χ2v) is 5.60. The fourth-order valence-corrected chi connectivity index (χ4v) is 2.47. The van der Waals surface area contributed by atoms with Gasteiger partial charge in [0.25, 0.3) is 0 Å². The van der Waals surface area contributed by atoms with Crippen molar-refractivity contribution in [2.24, 2.45) is 0 Å². The Labute approximate surface area is 151 Å². The van der Waals surface area contributed by atoms with Crippen molar-refractivity contribution in [3.8, 4) is 11.5 Å². The molecule has 138 valence electrons. The van der Waals surface area contributed by atoms with Gasteiger partial charge >= 0.3 is 5.97 Å². The molecular formula is C19H21NO6. The number of aliphatic hydroxyl groups excluding tert-OH is 1. The molecule has 0 aliphatic heterocycles. The lowest BCUT2D eigenvalue weighted by Crippen LogP contribution is -2.13. The number of benzene rings is 2. The minimum atomic E-state index is -1.07. The molecule has 0 saturated carbocycles. The van der Waals surface area contributed by atoms with E-state index < -0.39 is 12.1 Å². The van der Waals surface area contributed by atoms with Gasteiger partial charge in [-0.2, -0.15) is 0 Å². The first-order chi connectivity index (χ1) is 12.4. The fraction of sp³-hybridized carbons (Fsp3) is 0.263. The molecule has 1 unspecified atom stereocenters. The Balaban J connectivity index is 1.96. The van der Waals surface area contributed by atoms with Crippen LogP contribution in [0.2, 0.25) is 0 Å². The van der Waals surface area contributed by atoms with E-state index in [9.17, 15) is 14.7 Å². The molecule has 2 rings (SSSR count). The number of methoxy groups -OCH3 is 2. The van der Waals surface area contributed by atoms with Crippen LogP contribution in [0.15, 0.2) is 42.5 Å². The first kappa shape index (κ1) is 19.3. The lowest BCUT2D eigenvalue weighted by atomic mass is 10.0. The van der Waals surface area contributed by atoms with E-state index in [0.29, 0.717) is 22.7 Å². The fourth-order valence-electron chi connectivity index (χ4n) is 2.47. The van der Waals surface area contributed by atoms with Crippen LogP contribution in [-0.2, 0) is 4.79 Å². The van der Waals surface area contributed by atoms with Crippen molar-refractivity contribution >= 4 is 17.6 Å². The molecule has 2 aromatic rings. The maximum absolute atomic E-state index is 12.1. The topological polar surface area (TPSA) is 105 Å². The van der Waals surface area contributed by atoms with Gasteiger partial charge in [-0.25, -0.2) is 4.79 Å². The SMILES string of the molecule is COc1ccc(C(O)CCC(=O)Nc2cccc(C(=O)O)c2)c(OC)c1. The summed E-state index contributed by atoms with van der Waals surface area (Å²) in [5.74, 6) is -0.303. The van der Waals surface area contributed by atoms with Crippen LogP contribution in [0.1, 0.15) is 34.9 Å². The summed E-state index contributed by atoms with van der Waals surface area (Å²) in [6.45, 7) is 0. The van der Waals surface area contributed by atoms with E-state index in [1.165, 1.54) is 26.4 Å². The summed E-state index contributed by atoms with van der Waals surface area (Å²) >= 11 is 0. The van der Waals surface area contributed by atoms with E-state index in [0.717, 1.165) is 0 Å². The van der Waals surface area contributed by atoms with Crippen molar-refractivity contribution in [3.05, 3.63) is 53.6 Å². The standard InChI is InChI=1S/C19H21NO6/c1-25-14-6-7-15(17(11-14)26-2)16(21)8-9-18(22)20-13-5-3-4-12(10-13)19(23)24/h3-7,10-11,16,21H,8-9H2,1-2H3,(H,20,22)(H,23,24). The van der Waals surface area contributed by atoms with E-state index in [1.807, 2.05) is 0 Å². The number of anilines is 1. The molecule has 7 heteroatoms. The number of rotatable bonds is 8. The molecule has 0 heterocycles. The Morgan fingerprint density at radius 2 is 1.88 bits per heavy atom. The van der Waals surface area contributed by atoms with E-state index in [-0.39, 0.29) is 24.3 Å². The van der Waals surface area contributed by atoms with Gasteiger partial charge in [0.15, 0.2) is 0 Å². The summed E-state index contributed by atoms with van der Waals surface area (Å²) < 4.78 is 10.4. The zero-order chi connectivity index (χ0) is 19.1. The Bertz CT molecular complexity index is 789. The van der Waals surface area contributed by atoms with Crippen molar-refractivity contribution in [1.82, 2.24) is 0 Å². The van der Waals surface area contributed by atoms with Gasteiger partial charge in [-0.05, 0) is 36.8 Å². The number of carbonyl (C=O) groups is 2. The normalized spacial score (nSPS) is 11.5. The van der Waals surface area contributed by atoms with Crippen molar-refractivity contribution in [2.75, 3.05) is 19.5 Å². The monoisotopic (exact) mass is 359 g/mol. The van der Waals surface area contributed by atoms with E-state index in [2.05, 4.69) is 5.32 Å². The Morgan fingerprint density at radius 1 is 1.12 bits per heavy atom. The summed E-state index contributed by atoms with van der Waals surface area (Å²) in [5.41, 5.74) is 1.05. The van der Waals surface area contributed by atoms with Crippen LogP contribution in [0, 0.1) is 0 Å². The second kappa shape index (κ2) is 8.87. The maximum Gasteiger partial charge on any atom is 0.335 e. The number of nitrogens with one attached hydrogen (secondary N) is 1. The molecule has 7 nitrogen and oxygen atoms in total. The van der Waals surface area contributed by atoms with E-state index in [4.69, 9.17) is 14.6 Å². The van der Waals surface area contributed by atoms with Crippen LogP contribution >= 0.6 is 0 Å². The number of hydrogen-bond acceptors (Lipinski definition) is 5. The number of ether oxygens (including phenoxy) is 2. The molecule has 1 amide bonds. The summed E-state index contributed by atoms with van der Waals surface area (Å²) in [5, 5.41) is 21.9. The van der Waals surface area contributed by atoms with Gasteiger partial charge in [0, 0.05) is 23.7 Å². The predicted octanol–water partition coefficient (Wildman–Crippen LogP) is 2.85. The maximum atomic E-state index is 12.1. The highest BCUT2D eigenvalue weighted by atomic mass is 16.5. The predicted molar refractivity (Wildman–Crippen MR) is 95.8 cm³/mol. The van der Waals surface area contributed by atoms with Gasteiger partial charge in [0.1, 0.15) is 11.5 Å². The molecular weight excluding hydrogens is 338 g/mol. The molecule has 0 aliphatic carbocycles. The Kier molecular flexibility index (Phi) is 6.57. The van der Waals surface area contributed by atoms with Gasteiger partial charge in [-0.3, -0.25) is 4.79 Å². The van der Waals surface area contributed by atoms with Crippen molar-refractivity contribution in [2.45, 2.75) is 18.9 Å². The molecule has 3 N–H and O–H groups in total. The van der Waals surface area contributed by atoms with E-state index >= 15 is 0 Å². The third-order valence-electron chi connectivity index (χ3n) is 3.84. The van der Waals surface area contributed by atoms with Crippen molar-refractivity contribution in [3.63, 3.8) is 0 Å². The second-order valence-electron chi connectivity index (χ2n) is 5.60. The molecule has 0 spiro atoms. The lowest BCUT2D eigenvalue weighted by molar-refractivity contribution is -0.116. The van der Waals surface area contributed by atoms with Gasteiger partial charge in [0.2, 0.25) is 5.91 Å². The number of hydrogen-bond donors (Lipinski definition) is 3. The van der Waals surface area contributed by atoms with Crippen molar-refractivity contribution < 1.29 is 29.3 Å². The van der Waals surface area contributed by atoms with Crippen LogP contribution in [0.5, 0.6) is 11.5 Å². The lowest BCUT2D eigenvalue weighted by Gasteiger charge is -2.15. The quantitative estimate of drug-likeness (QED) is 0.669. The van der Waals surface area contributed by atoms with Gasteiger partial charge < -0.3 is 25.0 Å². The first-order valence-electron chi connectivity index (χ1n) is 7.97. The average molecular weight is 359 g/mol. The number of carbonyl (C=O) groups excluding carboxylic acids is 1. The average Bonchev–Trinajstić information content (AvgIpc) is 2.65.